The lowest BCUT2D eigenvalue weighted by Crippen LogP contribution is -2.55. The zero-order chi connectivity index (χ0) is 103. The van der Waals surface area contributed by atoms with Gasteiger partial charge >= 0.3 is 107 Å². The summed E-state index contributed by atoms with van der Waals surface area (Å²) in [6.45, 7) is 10.4. The van der Waals surface area contributed by atoms with Crippen LogP contribution in [0, 0.1) is 16.2 Å². The molecule has 134 heavy (non-hydrogen) atoms. The van der Waals surface area contributed by atoms with Crippen molar-refractivity contribution in [3.05, 3.63) is 31.5 Å². The number of rotatable bonds is 68. The Hall–Kier alpha value is -4.33. The molecule has 0 radical (unpaired) electrons. The normalized spacial score (nSPS) is 13.5. The summed E-state index contributed by atoms with van der Waals surface area (Å²) in [5.41, 5.74) is -7.00. The summed E-state index contributed by atoms with van der Waals surface area (Å²) in [5.74, 6) is -6.68. The second-order valence-corrected chi connectivity index (χ2v) is 41.6. The van der Waals surface area contributed by atoms with Gasteiger partial charge in [-0.15, -0.1) is 0 Å². The number of aromatic nitrogens is 3. The SMILES string of the molecule is CC(S)CC(=O)OCC(COC(=O)CC(C)S)(COC(=O)CC(C)S)COC(=O)CC(C)S.CC(S)CC(=O)OCCCCOC(=O)CC(C)S.CC(S)CC(=O)OCCn1c(=O)n(CCOC(=O)CC(C)S)c(=O)n(CCOC(=O)CC(C)S)c1=O.O=C(CCS)OCC(COCC(COC(=O)CCS)(COC(=O)CCS)COC(=O)CCS)(COC(=O)CCS)COC(=O)CCS. The maximum absolute atomic E-state index is 12.9. The van der Waals surface area contributed by atoms with E-state index in [0.29, 0.717) is 38.9 Å². The zero-order valence-electron chi connectivity index (χ0n) is 77.0. The highest BCUT2D eigenvalue weighted by Gasteiger charge is 2.42. The molecule has 37 nitrogen and oxygen atoms in total. The minimum atomic E-state index is -1.41. The quantitative estimate of drug-likeness (QED) is 0.0131. The second kappa shape index (κ2) is 79.3. The Bertz CT molecular complexity index is 3370. The molecule has 1 heterocycles. The second-order valence-electron chi connectivity index (χ2n) is 31.0. The fraction of sp³-hybridized carbons (Fsp3) is 0.780. The number of hydrogen-bond donors (Lipinski definition) is 15. The van der Waals surface area contributed by atoms with Gasteiger partial charge in [-0.3, -0.25) is 71.9 Å². The topological polar surface area (TPSA) is 470 Å². The molecular formula is C82H137N3O34S15. The molecule has 0 spiro atoms. The van der Waals surface area contributed by atoms with Crippen LogP contribution in [0.4, 0.5) is 0 Å². The van der Waals surface area contributed by atoms with E-state index in [1.54, 1.807) is 48.5 Å². The number of carbonyl (C=O) groups excluding carboxylic acids is 15. The third kappa shape index (κ3) is 72.0. The van der Waals surface area contributed by atoms with Crippen LogP contribution in [-0.4, -0.2) is 297 Å². The highest BCUT2D eigenvalue weighted by atomic mass is 32.1. The van der Waals surface area contributed by atoms with Crippen molar-refractivity contribution >= 4 is 279 Å². The lowest BCUT2D eigenvalue weighted by Gasteiger charge is -2.35. The molecule has 1 aromatic rings. The lowest BCUT2D eigenvalue weighted by molar-refractivity contribution is -0.177. The van der Waals surface area contributed by atoms with Gasteiger partial charge in [0.1, 0.15) is 91.3 Å². The average molecular weight is 2190 g/mol. The standard InChI is InChI=1S/C28H46O13S6.C21H33N3O9S3.C21H36O8S4.C12H22O4S2/c29-21(1-7-42)36-15-27(16-37-22(30)2-8-43,17-38-23(31)3-9-44)13-35-14-28(18-39-24(32)4-10-45,19-40-25(33)5-11-46)20-41-26(34)6-12-47;1-13(34)10-16(25)31-7-4-22-19(28)23(5-8-32-17(26)11-14(2)35)21(30)24(20(22)29)6-9-33-18(27)12-15(3)36;1-13(30)5-17(22)26-9-21(10-27-18(23)6-14(2)31,11-28-19(24)7-15(3)32)12-29-20(25)8-16(4)33;1-9(17)7-11(13)15-5-3-4-6-16-12(14)8-10(2)18/h42-47H,1-20H2;13-15,34-36H,4-12H2,1-3H3;13-16,30-33H,5-12H2,1-4H3;9-10,17-18H,3-8H2,1-2H3. The molecule has 9 atom stereocenters. The molecule has 0 saturated heterocycles. The van der Waals surface area contributed by atoms with E-state index in [9.17, 15) is 86.3 Å². The van der Waals surface area contributed by atoms with E-state index < -0.39 is 111 Å². The Morgan fingerprint density at radius 2 is 0.351 bits per heavy atom. The number of hydrogen-bond acceptors (Lipinski definition) is 49. The Labute approximate surface area is 866 Å². The van der Waals surface area contributed by atoms with Gasteiger partial charge < -0.3 is 75.8 Å². The smallest absolute Gasteiger partial charge is 0.336 e. The van der Waals surface area contributed by atoms with Crippen LogP contribution in [0.15, 0.2) is 14.4 Å². The summed E-state index contributed by atoms with van der Waals surface area (Å²) in [6.07, 6.45) is 2.19. The molecule has 0 bridgehead atoms. The molecule has 0 aliphatic carbocycles. The Morgan fingerprint density at radius 1 is 0.216 bits per heavy atom. The van der Waals surface area contributed by atoms with Crippen LogP contribution >= 0.6 is 189 Å². The van der Waals surface area contributed by atoms with Crippen LogP contribution < -0.4 is 17.1 Å². The van der Waals surface area contributed by atoms with Gasteiger partial charge in [-0.2, -0.15) is 189 Å². The third-order valence-electron chi connectivity index (χ3n) is 16.4. The molecule has 0 amide bonds. The van der Waals surface area contributed by atoms with Crippen molar-refractivity contribution in [2.75, 3.05) is 147 Å². The zero-order valence-corrected chi connectivity index (χ0v) is 90.4. The summed E-state index contributed by atoms with van der Waals surface area (Å²) >= 11 is 61.4. The van der Waals surface area contributed by atoms with Crippen LogP contribution in [-0.2, 0) is 167 Å². The van der Waals surface area contributed by atoms with E-state index in [1.165, 1.54) is 0 Å². The van der Waals surface area contributed by atoms with Crippen LogP contribution in [0.5, 0.6) is 0 Å². The molecule has 1 rings (SSSR count). The first-order valence-electron chi connectivity index (χ1n) is 42.6. The maximum Gasteiger partial charge on any atom is 0.336 e. The fourth-order valence-electron chi connectivity index (χ4n) is 9.84. The van der Waals surface area contributed by atoms with Crippen molar-refractivity contribution in [1.29, 1.82) is 0 Å². The van der Waals surface area contributed by atoms with Gasteiger partial charge in [0.05, 0.1) is 153 Å². The molecule has 0 fully saturated rings. The summed E-state index contributed by atoms with van der Waals surface area (Å²) in [6, 6.07) is 0. The van der Waals surface area contributed by atoms with Crippen LogP contribution in [0.3, 0.4) is 0 Å². The number of ether oxygens (including phenoxy) is 16. The van der Waals surface area contributed by atoms with E-state index in [2.05, 4.69) is 189 Å². The minimum absolute atomic E-state index is 0.0154. The first kappa shape index (κ1) is 134. The Kier molecular flexibility index (Phi) is 79.1. The van der Waals surface area contributed by atoms with E-state index in [0.717, 1.165) is 13.7 Å². The fourth-order valence-corrected chi connectivity index (χ4v) is 12.3. The number of thiol groups is 15. The molecule has 0 N–H and O–H groups in total. The van der Waals surface area contributed by atoms with Crippen molar-refractivity contribution in [3.63, 3.8) is 0 Å². The van der Waals surface area contributed by atoms with Crippen molar-refractivity contribution < 1.29 is 148 Å². The first-order valence-corrected chi connectivity index (χ1v) is 51.0. The molecule has 1 aromatic heterocycles. The van der Waals surface area contributed by atoms with Gasteiger partial charge in [0, 0.05) is 81.8 Å². The number of carbonyl (C=O) groups is 15. The molecule has 774 valence electrons. The van der Waals surface area contributed by atoms with E-state index in [1.807, 2.05) is 13.8 Å². The Balaban J connectivity index is -0.00000178. The highest BCUT2D eigenvalue weighted by Crippen LogP contribution is 2.29. The van der Waals surface area contributed by atoms with Gasteiger partial charge in [-0.25, -0.2) is 28.1 Å². The number of nitrogens with zero attached hydrogens (tertiary/aromatic N) is 3. The monoisotopic (exact) mass is 2190 g/mol. The van der Waals surface area contributed by atoms with Crippen molar-refractivity contribution in [1.82, 2.24) is 13.7 Å². The largest absolute Gasteiger partial charge is 0.466 e. The minimum Gasteiger partial charge on any atom is -0.466 e. The molecule has 0 aromatic carbocycles. The van der Waals surface area contributed by atoms with Crippen molar-refractivity contribution in [3.8, 4) is 0 Å². The molecule has 9 unspecified atom stereocenters. The van der Waals surface area contributed by atoms with E-state index in [4.69, 9.17) is 75.8 Å². The van der Waals surface area contributed by atoms with E-state index >= 15 is 0 Å². The van der Waals surface area contributed by atoms with Crippen molar-refractivity contribution in [2.24, 2.45) is 16.2 Å². The van der Waals surface area contributed by atoms with Crippen LogP contribution in [0.25, 0.3) is 0 Å². The summed E-state index contributed by atoms with van der Waals surface area (Å²) in [4.78, 5) is 219. The molecule has 0 saturated carbocycles. The molecular weight excluding hydrogens is 2050 g/mol. The van der Waals surface area contributed by atoms with E-state index in [-0.39, 0.29) is 296 Å². The first-order chi connectivity index (χ1) is 62.9. The summed E-state index contributed by atoms with van der Waals surface area (Å²) < 4.78 is 87.3. The van der Waals surface area contributed by atoms with Gasteiger partial charge in [0.2, 0.25) is 0 Å². The van der Waals surface area contributed by atoms with Crippen LogP contribution in [0.2, 0.25) is 0 Å². The maximum atomic E-state index is 12.9. The number of unbranched alkanes of at least 4 members (excludes halogenated alkanes) is 1. The predicted molar refractivity (Wildman–Crippen MR) is 549 cm³/mol. The summed E-state index contributed by atoms with van der Waals surface area (Å²) in [7, 11) is 0. The summed E-state index contributed by atoms with van der Waals surface area (Å²) in [5, 5.41) is -1.60. The lowest BCUT2D eigenvalue weighted by atomic mass is 9.90. The highest BCUT2D eigenvalue weighted by molar-refractivity contribution is 7.83. The predicted octanol–water partition coefficient (Wildman–Crippen LogP) is 7.33. The average Bonchev–Trinajstić information content (AvgIpc) is 0.784. The van der Waals surface area contributed by atoms with Crippen LogP contribution in [0.1, 0.15) is 171 Å². The number of esters is 15. The van der Waals surface area contributed by atoms with Gasteiger partial charge in [-0.1, -0.05) is 62.3 Å². The Morgan fingerprint density at radius 3 is 0.500 bits per heavy atom. The molecule has 0 aliphatic rings. The van der Waals surface area contributed by atoms with Crippen molar-refractivity contribution in [2.45, 2.75) is 238 Å². The van der Waals surface area contributed by atoms with Gasteiger partial charge in [0.15, 0.2) is 0 Å². The molecule has 52 heteroatoms. The van der Waals surface area contributed by atoms with Gasteiger partial charge in [-0.05, 0) is 12.8 Å². The molecule has 0 aliphatic heterocycles. The van der Waals surface area contributed by atoms with Gasteiger partial charge in [0.25, 0.3) is 0 Å². The third-order valence-corrected chi connectivity index (χ3v) is 19.4.